The molecule has 0 spiro atoms. The van der Waals surface area contributed by atoms with E-state index in [0.29, 0.717) is 11.3 Å². The molecule has 0 bridgehead atoms. The molecule has 0 aliphatic heterocycles. The van der Waals surface area contributed by atoms with Crippen molar-refractivity contribution in [2.24, 2.45) is 0 Å². The van der Waals surface area contributed by atoms with E-state index in [2.05, 4.69) is 15.4 Å². The number of aryl methyl sites for hydroxylation is 1. The highest BCUT2D eigenvalue weighted by molar-refractivity contribution is 5.81. The highest BCUT2D eigenvalue weighted by atomic mass is 16.5. The molecule has 2 aromatic carbocycles. The molecule has 1 atom stereocenters. The SMILES string of the molecule is Cc1cc(=O)oc2cc(OCC(=O)N[C@@H](C)c3ccc(-n4cncn4)cc3)ccc12. The van der Waals surface area contributed by atoms with Crippen molar-refractivity contribution >= 4 is 16.9 Å². The summed E-state index contributed by atoms with van der Waals surface area (Å²) >= 11 is 0. The maximum absolute atomic E-state index is 12.3. The minimum atomic E-state index is -0.418. The lowest BCUT2D eigenvalue weighted by Crippen LogP contribution is -2.31. The second-order valence-corrected chi connectivity index (χ2v) is 6.92. The second kappa shape index (κ2) is 8.20. The molecule has 1 N–H and O–H groups in total. The van der Waals surface area contributed by atoms with Gasteiger partial charge in [-0.1, -0.05) is 12.1 Å². The number of carbonyl (C=O) groups is 1. The fourth-order valence-corrected chi connectivity index (χ4v) is 3.17. The monoisotopic (exact) mass is 404 g/mol. The first-order valence-electron chi connectivity index (χ1n) is 9.41. The van der Waals surface area contributed by atoms with Gasteiger partial charge in [-0.2, -0.15) is 5.10 Å². The summed E-state index contributed by atoms with van der Waals surface area (Å²) in [4.78, 5) is 27.8. The number of rotatable bonds is 6. The quantitative estimate of drug-likeness (QED) is 0.496. The van der Waals surface area contributed by atoms with E-state index in [1.54, 1.807) is 29.2 Å². The number of fused-ring (bicyclic) bond motifs is 1. The number of hydrogen-bond acceptors (Lipinski definition) is 6. The van der Waals surface area contributed by atoms with Crippen molar-refractivity contribution in [1.29, 1.82) is 0 Å². The molecule has 1 amide bonds. The van der Waals surface area contributed by atoms with Gasteiger partial charge in [0.25, 0.3) is 5.91 Å². The summed E-state index contributed by atoms with van der Waals surface area (Å²) in [6, 6.07) is 14.1. The summed E-state index contributed by atoms with van der Waals surface area (Å²) in [5, 5.41) is 7.82. The van der Waals surface area contributed by atoms with Crippen LogP contribution in [0, 0.1) is 6.92 Å². The maximum Gasteiger partial charge on any atom is 0.336 e. The molecule has 0 saturated carbocycles. The minimum Gasteiger partial charge on any atom is -0.484 e. The van der Waals surface area contributed by atoms with Crippen LogP contribution >= 0.6 is 0 Å². The van der Waals surface area contributed by atoms with Gasteiger partial charge in [0.15, 0.2) is 6.61 Å². The summed E-state index contributed by atoms with van der Waals surface area (Å²) < 4.78 is 12.4. The summed E-state index contributed by atoms with van der Waals surface area (Å²) in [6.45, 7) is 3.59. The standard InChI is InChI=1S/C22H20N4O4/c1-14-9-22(28)30-20-10-18(7-8-19(14)20)29-11-21(27)25-15(2)16-3-5-17(6-4-16)26-13-23-12-24-26/h3-10,12-13,15H,11H2,1-2H3,(H,25,27)/t15-/m0/s1. The van der Waals surface area contributed by atoms with Gasteiger partial charge in [0.05, 0.1) is 11.7 Å². The van der Waals surface area contributed by atoms with E-state index in [0.717, 1.165) is 22.2 Å². The number of nitrogens with one attached hydrogen (secondary N) is 1. The molecule has 0 unspecified atom stereocenters. The number of carbonyl (C=O) groups excluding carboxylic acids is 1. The van der Waals surface area contributed by atoms with Gasteiger partial charge in [-0.25, -0.2) is 14.5 Å². The number of benzene rings is 2. The van der Waals surface area contributed by atoms with Crippen molar-refractivity contribution in [3.05, 3.63) is 82.7 Å². The summed E-state index contributed by atoms with van der Waals surface area (Å²) in [5.41, 5.74) is 2.68. The normalized spacial score (nSPS) is 11.9. The van der Waals surface area contributed by atoms with Crippen molar-refractivity contribution in [2.45, 2.75) is 19.9 Å². The van der Waals surface area contributed by atoms with Crippen molar-refractivity contribution in [3.63, 3.8) is 0 Å². The Bertz CT molecular complexity index is 1230. The third kappa shape index (κ3) is 4.22. The Balaban J connectivity index is 1.36. The van der Waals surface area contributed by atoms with E-state index in [1.807, 2.05) is 38.1 Å². The van der Waals surface area contributed by atoms with Gasteiger partial charge in [0, 0.05) is 17.5 Å². The van der Waals surface area contributed by atoms with E-state index in [4.69, 9.17) is 9.15 Å². The Labute approximate surface area is 172 Å². The smallest absolute Gasteiger partial charge is 0.336 e. The maximum atomic E-state index is 12.3. The second-order valence-electron chi connectivity index (χ2n) is 6.92. The first kappa shape index (κ1) is 19.4. The molecule has 0 aliphatic rings. The number of ether oxygens (including phenoxy) is 1. The molecule has 8 nitrogen and oxygen atoms in total. The van der Waals surface area contributed by atoms with Gasteiger partial charge >= 0.3 is 5.63 Å². The average molecular weight is 404 g/mol. The Morgan fingerprint density at radius 1 is 1.20 bits per heavy atom. The van der Waals surface area contributed by atoms with Gasteiger partial charge in [0.1, 0.15) is 24.0 Å². The van der Waals surface area contributed by atoms with Gasteiger partial charge in [-0.05, 0) is 49.2 Å². The highest BCUT2D eigenvalue weighted by Crippen LogP contribution is 2.22. The predicted octanol–water partition coefficient (Wildman–Crippen LogP) is 2.94. The third-order valence-electron chi connectivity index (χ3n) is 4.75. The van der Waals surface area contributed by atoms with Gasteiger partial charge in [-0.15, -0.1) is 0 Å². The molecule has 2 heterocycles. The van der Waals surface area contributed by atoms with Crippen LogP contribution in [-0.4, -0.2) is 27.3 Å². The first-order valence-corrected chi connectivity index (χ1v) is 9.41. The van der Waals surface area contributed by atoms with Crippen LogP contribution in [0.5, 0.6) is 5.75 Å². The molecule has 0 fully saturated rings. The van der Waals surface area contributed by atoms with Crippen molar-refractivity contribution < 1.29 is 13.9 Å². The van der Waals surface area contributed by atoms with Crippen LogP contribution < -0.4 is 15.7 Å². The predicted molar refractivity (Wildman–Crippen MR) is 111 cm³/mol. The zero-order valence-electron chi connectivity index (χ0n) is 16.5. The molecule has 4 rings (SSSR count). The van der Waals surface area contributed by atoms with Crippen LogP contribution in [0.1, 0.15) is 24.1 Å². The van der Waals surface area contributed by atoms with E-state index in [-0.39, 0.29) is 18.6 Å². The fraction of sp³-hybridized carbons (Fsp3) is 0.182. The Morgan fingerprint density at radius 2 is 2.00 bits per heavy atom. The van der Waals surface area contributed by atoms with Crippen molar-refractivity contribution in [1.82, 2.24) is 20.1 Å². The molecule has 2 aromatic heterocycles. The zero-order chi connectivity index (χ0) is 21.1. The Kier molecular flexibility index (Phi) is 5.30. The van der Waals surface area contributed by atoms with E-state index < -0.39 is 5.63 Å². The van der Waals surface area contributed by atoms with E-state index in [1.165, 1.54) is 12.4 Å². The van der Waals surface area contributed by atoms with E-state index >= 15 is 0 Å². The average Bonchev–Trinajstić information content (AvgIpc) is 3.27. The van der Waals surface area contributed by atoms with Crippen LogP contribution in [0.3, 0.4) is 0 Å². The van der Waals surface area contributed by atoms with Crippen LogP contribution in [0.4, 0.5) is 0 Å². The zero-order valence-corrected chi connectivity index (χ0v) is 16.5. The Hall–Kier alpha value is -3.94. The number of hydrogen-bond donors (Lipinski definition) is 1. The molecule has 30 heavy (non-hydrogen) atoms. The molecule has 0 radical (unpaired) electrons. The summed E-state index contributed by atoms with van der Waals surface area (Å²) in [5.74, 6) is 0.199. The molecule has 0 saturated heterocycles. The minimum absolute atomic E-state index is 0.150. The number of nitrogens with zero attached hydrogens (tertiary/aromatic N) is 3. The first-order chi connectivity index (χ1) is 14.5. The number of amides is 1. The van der Waals surface area contributed by atoms with E-state index in [9.17, 15) is 9.59 Å². The van der Waals surface area contributed by atoms with Gasteiger partial charge in [-0.3, -0.25) is 4.79 Å². The third-order valence-corrected chi connectivity index (χ3v) is 4.75. The topological polar surface area (TPSA) is 99.2 Å². The lowest BCUT2D eigenvalue weighted by molar-refractivity contribution is -0.123. The molecule has 0 aliphatic carbocycles. The van der Waals surface area contributed by atoms with Crippen molar-refractivity contribution in [2.75, 3.05) is 6.61 Å². The van der Waals surface area contributed by atoms with Crippen molar-refractivity contribution in [3.8, 4) is 11.4 Å². The molecule has 4 aromatic rings. The van der Waals surface area contributed by atoms with Gasteiger partial charge in [0.2, 0.25) is 0 Å². The van der Waals surface area contributed by atoms with Crippen LogP contribution in [0.2, 0.25) is 0 Å². The molecular weight excluding hydrogens is 384 g/mol. The lowest BCUT2D eigenvalue weighted by atomic mass is 10.1. The largest absolute Gasteiger partial charge is 0.484 e. The summed E-state index contributed by atoms with van der Waals surface area (Å²) in [6.07, 6.45) is 3.10. The van der Waals surface area contributed by atoms with Crippen LogP contribution in [0.15, 0.2) is 70.4 Å². The van der Waals surface area contributed by atoms with Gasteiger partial charge < -0.3 is 14.5 Å². The number of aromatic nitrogens is 3. The summed E-state index contributed by atoms with van der Waals surface area (Å²) in [7, 11) is 0. The Morgan fingerprint density at radius 3 is 2.73 bits per heavy atom. The van der Waals surface area contributed by atoms with Crippen LogP contribution in [-0.2, 0) is 4.79 Å². The molecule has 152 valence electrons. The molecular formula is C22H20N4O4. The molecule has 8 heteroatoms. The van der Waals surface area contributed by atoms with Crippen LogP contribution in [0.25, 0.3) is 16.7 Å². The lowest BCUT2D eigenvalue weighted by Gasteiger charge is -2.15. The fourth-order valence-electron chi connectivity index (χ4n) is 3.17. The highest BCUT2D eigenvalue weighted by Gasteiger charge is 2.11.